The molecule has 4 nitrogen and oxygen atoms in total. The molecular weight excluding hydrogens is 192 g/mol. The van der Waals surface area contributed by atoms with Gasteiger partial charge >= 0.3 is 0 Å². The Morgan fingerprint density at radius 3 is 2.67 bits per heavy atom. The molecule has 15 heavy (non-hydrogen) atoms. The Balaban J connectivity index is 2.60. The molecule has 0 spiro atoms. The lowest BCUT2D eigenvalue weighted by molar-refractivity contribution is 0.0794. The topological polar surface area (TPSA) is 45.5 Å². The molecule has 0 saturated carbocycles. The van der Waals surface area contributed by atoms with Gasteiger partial charge in [-0.15, -0.1) is 0 Å². The highest BCUT2D eigenvalue weighted by Gasteiger charge is 2.12. The van der Waals surface area contributed by atoms with E-state index in [0.717, 1.165) is 5.76 Å². The standard InChI is InChI=1S/C11H18N2O2/c1-8(2)12-7-9-5-6-10(15-9)11(14)13(3)4/h5-6,8,12H,7H2,1-4H3. The van der Waals surface area contributed by atoms with Gasteiger partial charge in [-0.25, -0.2) is 0 Å². The number of nitrogens with one attached hydrogen (secondary N) is 1. The lowest BCUT2D eigenvalue weighted by Gasteiger charge is -2.07. The van der Waals surface area contributed by atoms with Crippen molar-refractivity contribution in [3.8, 4) is 0 Å². The lowest BCUT2D eigenvalue weighted by Crippen LogP contribution is -2.22. The highest BCUT2D eigenvalue weighted by molar-refractivity contribution is 5.91. The second-order valence-corrected chi connectivity index (χ2v) is 4.00. The summed E-state index contributed by atoms with van der Waals surface area (Å²) in [4.78, 5) is 13.0. The third-order valence-corrected chi connectivity index (χ3v) is 1.96. The Kier molecular flexibility index (Phi) is 3.91. The van der Waals surface area contributed by atoms with E-state index in [9.17, 15) is 4.79 Å². The number of hydrogen-bond donors (Lipinski definition) is 1. The molecule has 1 amide bonds. The highest BCUT2D eigenvalue weighted by atomic mass is 16.4. The molecular formula is C11H18N2O2. The summed E-state index contributed by atoms with van der Waals surface area (Å²) in [6, 6.07) is 3.94. The second kappa shape index (κ2) is 4.98. The van der Waals surface area contributed by atoms with Gasteiger partial charge in [0.25, 0.3) is 5.91 Å². The molecule has 0 aliphatic heterocycles. The normalized spacial score (nSPS) is 10.7. The predicted octanol–water partition coefficient (Wildman–Crippen LogP) is 1.48. The van der Waals surface area contributed by atoms with E-state index >= 15 is 0 Å². The first-order valence-electron chi connectivity index (χ1n) is 5.04. The number of amides is 1. The van der Waals surface area contributed by atoms with Crippen LogP contribution >= 0.6 is 0 Å². The fraction of sp³-hybridized carbons (Fsp3) is 0.545. The monoisotopic (exact) mass is 210 g/mol. The highest BCUT2D eigenvalue weighted by Crippen LogP contribution is 2.09. The number of carbonyl (C=O) groups is 1. The minimum atomic E-state index is -0.106. The van der Waals surface area contributed by atoms with Gasteiger partial charge in [0.1, 0.15) is 5.76 Å². The van der Waals surface area contributed by atoms with Crippen molar-refractivity contribution in [2.24, 2.45) is 0 Å². The van der Waals surface area contributed by atoms with Gasteiger partial charge in [-0.2, -0.15) is 0 Å². The van der Waals surface area contributed by atoms with Gasteiger partial charge in [-0.3, -0.25) is 4.79 Å². The van der Waals surface area contributed by atoms with E-state index in [4.69, 9.17) is 4.42 Å². The zero-order valence-electron chi connectivity index (χ0n) is 9.70. The quantitative estimate of drug-likeness (QED) is 0.818. The molecule has 0 unspecified atom stereocenters. The van der Waals surface area contributed by atoms with Crippen LogP contribution in [-0.4, -0.2) is 30.9 Å². The molecule has 0 aliphatic carbocycles. The molecule has 0 aromatic carbocycles. The Morgan fingerprint density at radius 2 is 2.13 bits per heavy atom. The summed E-state index contributed by atoms with van der Waals surface area (Å²) in [5.74, 6) is 1.07. The van der Waals surface area contributed by atoms with Crippen LogP contribution in [-0.2, 0) is 6.54 Å². The maximum atomic E-state index is 11.5. The van der Waals surface area contributed by atoms with Crippen LogP contribution in [0.25, 0.3) is 0 Å². The molecule has 0 saturated heterocycles. The first-order chi connectivity index (χ1) is 7.00. The molecule has 0 radical (unpaired) electrons. The minimum Gasteiger partial charge on any atom is -0.455 e. The number of nitrogens with zero attached hydrogens (tertiary/aromatic N) is 1. The first kappa shape index (κ1) is 11.8. The summed E-state index contributed by atoms with van der Waals surface area (Å²) in [5.41, 5.74) is 0. The number of hydrogen-bond acceptors (Lipinski definition) is 3. The van der Waals surface area contributed by atoms with E-state index in [0.29, 0.717) is 18.3 Å². The number of carbonyl (C=O) groups excluding carboxylic acids is 1. The van der Waals surface area contributed by atoms with Crippen molar-refractivity contribution >= 4 is 5.91 Å². The maximum absolute atomic E-state index is 11.5. The fourth-order valence-corrected chi connectivity index (χ4v) is 1.11. The zero-order chi connectivity index (χ0) is 11.4. The van der Waals surface area contributed by atoms with Gasteiger partial charge < -0.3 is 14.6 Å². The maximum Gasteiger partial charge on any atom is 0.289 e. The number of rotatable bonds is 4. The van der Waals surface area contributed by atoms with Crippen molar-refractivity contribution in [3.05, 3.63) is 23.7 Å². The van der Waals surface area contributed by atoms with E-state index in [1.54, 1.807) is 20.2 Å². The van der Waals surface area contributed by atoms with Crippen LogP contribution in [0.5, 0.6) is 0 Å². The van der Waals surface area contributed by atoms with Gasteiger partial charge in [0.2, 0.25) is 0 Å². The van der Waals surface area contributed by atoms with Crippen molar-refractivity contribution < 1.29 is 9.21 Å². The fourth-order valence-electron chi connectivity index (χ4n) is 1.11. The summed E-state index contributed by atoms with van der Waals surface area (Å²) in [6.45, 7) is 4.78. The predicted molar refractivity (Wildman–Crippen MR) is 58.7 cm³/mol. The van der Waals surface area contributed by atoms with Crippen LogP contribution in [0.3, 0.4) is 0 Å². The van der Waals surface area contributed by atoms with Crippen LogP contribution in [0.2, 0.25) is 0 Å². The summed E-state index contributed by atoms with van der Waals surface area (Å²) < 4.78 is 5.40. The summed E-state index contributed by atoms with van der Waals surface area (Å²) in [7, 11) is 3.41. The molecule has 1 aromatic rings. The molecule has 1 aromatic heterocycles. The largest absolute Gasteiger partial charge is 0.455 e. The smallest absolute Gasteiger partial charge is 0.289 e. The molecule has 0 aliphatic rings. The molecule has 1 heterocycles. The Morgan fingerprint density at radius 1 is 1.47 bits per heavy atom. The van der Waals surface area contributed by atoms with E-state index in [1.807, 2.05) is 6.07 Å². The van der Waals surface area contributed by atoms with Crippen LogP contribution in [0.4, 0.5) is 0 Å². The van der Waals surface area contributed by atoms with Crippen molar-refractivity contribution in [2.75, 3.05) is 14.1 Å². The van der Waals surface area contributed by atoms with Crippen LogP contribution in [0.1, 0.15) is 30.2 Å². The van der Waals surface area contributed by atoms with Crippen molar-refractivity contribution in [1.82, 2.24) is 10.2 Å². The summed E-state index contributed by atoms with van der Waals surface area (Å²) in [5, 5.41) is 3.22. The van der Waals surface area contributed by atoms with Crippen molar-refractivity contribution in [2.45, 2.75) is 26.4 Å². The summed E-state index contributed by atoms with van der Waals surface area (Å²) >= 11 is 0. The summed E-state index contributed by atoms with van der Waals surface area (Å²) in [6.07, 6.45) is 0. The van der Waals surface area contributed by atoms with Crippen LogP contribution in [0.15, 0.2) is 16.5 Å². The van der Waals surface area contributed by atoms with E-state index in [1.165, 1.54) is 4.90 Å². The Hall–Kier alpha value is -1.29. The zero-order valence-corrected chi connectivity index (χ0v) is 9.70. The first-order valence-corrected chi connectivity index (χ1v) is 5.04. The van der Waals surface area contributed by atoms with E-state index in [2.05, 4.69) is 19.2 Å². The molecule has 1 rings (SSSR count). The molecule has 1 N–H and O–H groups in total. The Bertz CT molecular complexity index is 329. The van der Waals surface area contributed by atoms with Gasteiger partial charge in [0, 0.05) is 20.1 Å². The van der Waals surface area contributed by atoms with Gasteiger partial charge in [-0.1, -0.05) is 13.8 Å². The second-order valence-electron chi connectivity index (χ2n) is 4.00. The SMILES string of the molecule is CC(C)NCc1ccc(C(=O)N(C)C)o1. The minimum absolute atomic E-state index is 0.106. The average Bonchev–Trinajstić information content (AvgIpc) is 2.61. The average molecular weight is 210 g/mol. The van der Waals surface area contributed by atoms with Gasteiger partial charge in [0.05, 0.1) is 6.54 Å². The molecule has 0 atom stereocenters. The van der Waals surface area contributed by atoms with Crippen molar-refractivity contribution in [3.63, 3.8) is 0 Å². The molecule has 0 bridgehead atoms. The van der Waals surface area contributed by atoms with Crippen LogP contribution in [0, 0.1) is 0 Å². The van der Waals surface area contributed by atoms with Gasteiger partial charge in [0.15, 0.2) is 5.76 Å². The third-order valence-electron chi connectivity index (χ3n) is 1.96. The van der Waals surface area contributed by atoms with Crippen molar-refractivity contribution in [1.29, 1.82) is 0 Å². The molecule has 0 fully saturated rings. The third kappa shape index (κ3) is 3.40. The van der Waals surface area contributed by atoms with Crippen LogP contribution < -0.4 is 5.32 Å². The van der Waals surface area contributed by atoms with E-state index in [-0.39, 0.29) is 5.91 Å². The molecule has 84 valence electrons. The lowest BCUT2D eigenvalue weighted by atomic mass is 10.3. The van der Waals surface area contributed by atoms with Gasteiger partial charge in [-0.05, 0) is 12.1 Å². The molecule has 4 heteroatoms. The van der Waals surface area contributed by atoms with E-state index < -0.39 is 0 Å². The number of furan rings is 1. The Labute approximate surface area is 90.3 Å².